The molecular weight excluding hydrogens is 662 g/mol. The number of fused-ring (bicyclic) bond motifs is 1. The molecule has 1 amide bonds. The van der Waals surface area contributed by atoms with Gasteiger partial charge in [-0.05, 0) is 42.7 Å². The maximum absolute atomic E-state index is 15.3. The lowest BCUT2D eigenvalue weighted by molar-refractivity contribution is -0.122. The molecule has 17 heteroatoms. The van der Waals surface area contributed by atoms with Crippen molar-refractivity contribution in [1.82, 2.24) is 33.4 Å². The molecule has 14 nitrogen and oxygen atoms in total. The number of carbonyl (C=O) groups excluding carboxylic acids is 1. The van der Waals surface area contributed by atoms with E-state index in [-0.39, 0.29) is 65.8 Å². The largest absolute Gasteiger partial charge is 0.379 e. The zero-order chi connectivity index (χ0) is 34.0. The van der Waals surface area contributed by atoms with Crippen LogP contribution in [0, 0.1) is 17.7 Å². The summed E-state index contributed by atoms with van der Waals surface area (Å²) in [6, 6.07) is 6.41. The first-order chi connectivity index (χ1) is 23.0. The molecule has 252 valence electrons. The van der Waals surface area contributed by atoms with Gasteiger partial charge in [-0.15, -0.1) is 0 Å². The Balaban J connectivity index is 1.38. The molecule has 3 aromatic heterocycles. The first-order valence-corrected chi connectivity index (χ1v) is 17.4. The van der Waals surface area contributed by atoms with Crippen molar-refractivity contribution in [3.63, 3.8) is 0 Å². The topological polar surface area (TPSA) is 155 Å². The van der Waals surface area contributed by atoms with Gasteiger partial charge >= 0.3 is 0 Å². The van der Waals surface area contributed by atoms with Crippen LogP contribution in [0.4, 0.5) is 21.7 Å². The summed E-state index contributed by atoms with van der Waals surface area (Å²) in [6.07, 6.45) is 2.89. The highest BCUT2D eigenvalue weighted by Gasteiger charge is 2.31. The molecule has 2 aliphatic rings. The standard InChI is InChI=1S/C31H34FN9O5S2/c1-20-16-33-8-9-40(20)26-6-5-24(15-25(26)32)36-31-34-17-22-14-21(4-7-27(42)38(2)3)29(43)41(28(22)37-31)19-23-18-35-47-30(23)48(44,45)39-10-12-46-13-11-39/h5-6,14-15,17-18,20,33H,8-13,16,19H2,1-3H3,(H,34,36,37). The van der Waals surface area contributed by atoms with Crippen LogP contribution in [0.3, 0.4) is 0 Å². The molecule has 2 N–H and O–H groups in total. The van der Waals surface area contributed by atoms with Crippen molar-refractivity contribution >= 4 is 55.8 Å². The van der Waals surface area contributed by atoms with Gasteiger partial charge in [0, 0.05) is 87.8 Å². The fraction of sp³-hybridized carbons (Fsp3) is 0.387. The van der Waals surface area contributed by atoms with Crippen LogP contribution < -0.4 is 21.1 Å². The number of halogens is 1. The Bertz CT molecular complexity index is 2090. The van der Waals surface area contributed by atoms with Gasteiger partial charge in [-0.1, -0.05) is 5.92 Å². The lowest BCUT2D eigenvalue weighted by Crippen LogP contribution is -2.50. The molecule has 2 saturated heterocycles. The highest BCUT2D eigenvalue weighted by Crippen LogP contribution is 2.28. The van der Waals surface area contributed by atoms with E-state index in [9.17, 15) is 18.0 Å². The molecule has 0 spiro atoms. The Morgan fingerprint density at radius 3 is 2.73 bits per heavy atom. The smallest absolute Gasteiger partial charge is 0.298 e. The van der Waals surface area contributed by atoms with Crippen LogP contribution in [0.2, 0.25) is 0 Å². The van der Waals surface area contributed by atoms with Crippen LogP contribution in [-0.2, 0) is 26.1 Å². The number of amides is 1. The number of hydrogen-bond donors (Lipinski definition) is 2. The summed E-state index contributed by atoms with van der Waals surface area (Å²) in [4.78, 5) is 38.4. The zero-order valence-corrected chi connectivity index (χ0v) is 28.2. The number of anilines is 3. The number of ether oxygens (including phenoxy) is 1. The summed E-state index contributed by atoms with van der Waals surface area (Å²) in [7, 11) is -0.827. The first kappa shape index (κ1) is 33.4. The zero-order valence-electron chi connectivity index (χ0n) is 26.6. The number of hydrogen-bond acceptors (Lipinski definition) is 12. The van der Waals surface area contributed by atoms with Gasteiger partial charge in [0.15, 0.2) is 4.21 Å². The van der Waals surface area contributed by atoms with Gasteiger partial charge in [-0.25, -0.2) is 17.8 Å². The molecule has 6 rings (SSSR count). The molecule has 0 saturated carbocycles. The average Bonchev–Trinajstić information content (AvgIpc) is 3.55. The Labute approximate surface area is 280 Å². The second-order valence-electron chi connectivity index (χ2n) is 11.6. The lowest BCUT2D eigenvalue weighted by atomic mass is 10.1. The van der Waals surface area contributed by atoms with Crippen LogP contribution in [0.1, 0.15) is 18.1 Å². The molecule has 2 aliphatic heterocycles. The van der Waals surface area contributed by atoms with Gasteiger partial charge in [-0.2, -0.15) is 13.7 Å². The number of carbonyl (C=O) groups is 1. The van der Waals surface area contributed by atoms with E-state index in [2.05, 4.69) is 36.8 Å². The molecule has 1 aromatic carbocycles. The van der Waals surface area contributed by atoms with Gasteiger partial charge in [0.2, 0.25) is 5.95 Å². The number of nitrogens with one attached hydrogen (secondary N) is 2. The van der Waals surface area contributed by atoms with Crippen molar-refractivity contribution in [3.05, 3.63) is 64.0 Å². The molecule has 0 aliphatic carbocycles. The Hall–Kier alpha value is -4.47. The van der Waals surface area contributed by atoms with Crippen molar-refractivity contribution < 1.29 is 22.3 Å². The molecular formula is C31H34FN9O5S2. The second kappa shape index (κ2) is 13.9. The third kappa shape index (κ3) is 6.89. The van der Waals surface area contributed by atoms with Crippen LogP contribution in [-0.4, -0.2) is 109 Å². The van der Waals surface area contributed by atoms with E-state index in [4.69, 9.17) is 4.74 Å². The predicted octanol–water partition coefficient (Wildman–Crippen LogP) is 1.44. The van der Waals surface area contributed by atoms with Crippen molar-refractivity contribution in [2.24, 2.45) is 0 Å². The fourth-order valence-electron chi connectivity index (χ4n) is 5.48. The number of nitrogens with zero attached hydrogens (tertiary/aromatic N) is 7. The van der Waals surface area contributed by atoms with Gasteiger partial charge in [0.1, 0.15) is 11.5 Å². The number of morpholine rings is 1. The number of rotatable bonds is 7. The summed E-state index contributed by atoms with van der Waals surface area (Å²) in [5.41, 5.74) is 0.775. The molecule has 1 atom stereocenters. The summed E-state index contributed by atoms with van der Waals surface area (Å²) >= 11 is 0.818. The third-order valence-corrected chi connectivity index (χ3v) is 11.3. The van der Waals surface area contributed by atoms with E-state index in [0.717, 1.165) is 24.6 Å². The normalized spacial score (nSPS) is 17.2. The van der Waals surface area contributed by atoms with Crippen molar-refractivity contribution in [2.45, 2.75) is 23.7 Å². The maximum atomic E-state index is 15.3. The molecule has 0 bridgehead atoms. The van der Waals surface area contributed by atoms with E-state index in [1.807, 2.05) is 11.8 Å². The van der Waals surface area contributed by atoms with Crippen molar-refractivity contribution in [2.75, 3.05) is 70.2 Å². The fourth-order valence-corrected chi connectivity index (χ4v) is 8.12. The minimum atomic E-state index is -3.92. The number of pyridine rings is 1. The Morgan fingerprint density at radius 2 is 2.00 bits per heavy atom. The van der Waals surface area contributed by atoms with E-state index < -0.39 is 27.3 Å². The highest BCUT2D eigenvalue weighted by atomic mass is 32.2. The summed E-state index contributed by atoms with van der Waals surface area (Å²) in [5, 5.41) is 6.73. The minimum Gasteiger partial charge on any atom is -0.379 e. The molecule has 0 radical (unpaired) electrons. The van der Waals surface area contributed by atoms with E-state index in [1.54, 1.807) is 26.2 Å². The number of piperazine rings is 1. The van der Waals surface area contributed by atoms with Gasteiger partial charge < -0.3 is 25.2 Å². The first-order valence-electron chi connectivity index (χ1n) is 15.2. The molecule has 4 aromatic rings. The molecule has 2 fully saturated rings. The summed E-state index contributed by atoms with van der Waals surface area (Å²) in [5.74, 6) is 4.29. The minimum absolute atomic E-state index is 0.00239. The predicted molar refractivity (Wildman–Crippen MR) is 180 cm³/mol. The van der Waals surface area contributed by atoms with Crippen LogP contribution in [0.15, 0.2) is 45.7 Å². The quantitative estimate of drug-likeness (QED) is 0.270. The lowest BCUT2D eigenvalue weighted by Gasteiger charge is -2.36. The Morgan fingerprint density at radius 1 is 1.21 bits per heavy atom. The van der Waals surface area contributed by atoms with Crippen molar-refractivity contribution in [3.8, 4) is 11.8 Å². The Kier molecular flexibility index (Phi) is 9.71. The average molecular weight is 696 g/mol. The number of aromatic nitrogens is 4. The van der Waals surface area contributed by atoms with Crippen LogP contribution >= 0.6 is 11.5 Å². The van der Waals surface area contributed by atoms with Gasteiger partial charge in [-0.3, -0.25) is 14.2 Å². The SMILES string of the molecule is CC1CNCCN1c1ccc(Nc2ncc3cc(C#CC(=O)N(C)C)c(=O)n(Cc4cnsc4S(=O)(=O)N4CCOCC4)c3n2)cc1F. The van der Waals surface area contributed by atoms with Crippen LogP contribution in [0.25, 0.3) is 11.0 Å². The highest BCUT2D eigenvalue weighted by molar-refractivity contribution is 7.91. The van der Waals surface area contributed by atoms with Crippen molar-refractivity contribution in [1.29, 1.82) is 0 Å². The maximum Gasteiger partial charge on any atom is 0.298 e. The van der Waals surface area contributed by atoms with E-state index >= 15 is 4.39 Å². The van der Waals surface area contributed by atoms with Gasteiger partial charge in [0.05, 0.1) is 31.0 Å². The monoisotopic (exact) mass is 695 g/mol. The summed E-state index contributed by atoms with van der Waals surface area (Å²) < 4.78 is 54.5. The second-order valence-corrected chi connectivity index (χ2v) is 14.5. The molecule has 5 heterocycles. The van der Waals surface area contributed by atoms with E-state index in [0.29, 0.717) is 23.3 Å². The van der Waals surface area contributed by atoms with Crippen LogP contribution in [0.5, 0.6) is 0 Å². The third-order valence-electron chi connectivity index (χ3n) is 8.03. The van der Waals surface area contributed by atoms with E-state index in [1.165, 1.54) is 38.3 Å². The summed E-state index contributed by atoms with van der Waals surface area (Å²) in [6.45, 7) is 4.98. The molecule has 48 heavy (non-hydrogen) atoms. The number of sulfonamides is 1. The molecule has 1 unspecified atom stereocenters. The van der Waals surface area contributed by atoms with Gasteiger partial charge in [0.25, 0.3) is 21.5 Å². The number of benzene rings is 1.